The lowest BCUT2D eigenvalue weighted by molar-refractivity contribution is 0.461. The third kappa shape index (κ3) is 5.91. The Bertz CT molecular complexity index is 1430. The Morgan fingerprint density at radius 2 is 1.62 bits per heavy atom. The van der Waals surface area contributed by atoms with Crippen molar-refractivity contribution >= 4 is 28.9 Å². The summed E-state index contributed by atoms with van der Waals surface area (Å²) in [6.45, 7) is 4.40. The molecule has 0 unspecified atom stereocenters. The maximum atomic E-state index is 13.9. The van der Waals surface area contributed by atoms with Crippen LogP contribution in [0.4, 0.5) is 16.0 Å². The molecule has 0 bridgehead atoms. The van der Waals surface area contributed by atoms with Gasteiger partial charge in [-0.2, -0.15) is 5.10 Å². The molecule has 3 heterocycles. The summed E-state index contributed by atoms with van der Waals surface area (Å²) in [6.07, 6.45) is 12.9. The molecule has 2 saturated carbocycles. The topological polar surface area (TPSA) is 67.1 Å². The number of pyridine rings is 1. The zero-order valence-corrected chi connectivity index (χ0v) is 23.6. The summed E-state index contributed by atoms with van der Waals surface area (Å²) in [5, 5.41) is 14.0. The van der Waals surface area contributed by atoms with Crippen molar-refractivity contribution < 1.29 is 7.24 Å². The average molecular weight is 549 g/mol. The molecule has 0 atom stereocenters. The molecule has 4 aromatic rings. The first kappa shape index (κ1) is 26.1. The number of rotatable bonds is 8. The van der Waals surface area contributed by atoms with E-state index in [0.717, 1.165) is 51.6 Å². The number of fused-ring (bicyclic) bond motifs is 1. The van der Waals surface area contributed by atoms with Gasteiger partial charge in [0.05, 0.1) is 16.8 Å². The molecule has 39 heavy (non-hydrogen) atoms. The molecule has 2 aliphatic carbocycles. The van der Waals surface area contributed by atoms with Crippen LogP contribution in [0.1, 0.15) is 74.5 Å². The number of benzene rings is 1. The van der Waals surface area contributed by atoms with E-state index < -0.39 is 0 Å². The fourth-order valence-corrected chi connectivity index (χ4v) is 6.81. The molecule has 0 amide bonds. The minimum Gasteiger partial charge on any atom is -0.382 e. The van der Waals surface area contributed by atoms with Gasteiger partial charge in [-0.05, 0) is 68.1 Å². The summed E-state index contributed by atoms with van der Waals surface area (Å²) < 4.78 is 15.9. The number of aromatic nitrogens is 4. The first-order valence-electron chi connectivity index (χ1n) is 14.4. The standard InChI is InChI=1S/C31H37FN6S.2H2/c1-20(2)39-28-19-25(34-23-10-6-7-11-23)18-27-29(30(37-38(27)28)21-12-14-22(32)15-13-21)26-16-17-33-31(36-26)35-24-8-4-3-5-9-24;;/h12-20,23-24,34H,3-11H2,1-2H3,(H,33,35,36);2*1H. The molecule has 208 valence electrons. The smallest absolute Gasteiger partial charge is 0.223 e. The van der Waals surface area contributed by atoms with Crippen LogP contribution in [0, 0.1) is 5.82 Å². The third-order valence-corrected chi connectivity index (χ3v) is 8.75. The summed E-state index contributed by atoms with van der Waals surface area (Å²) in [5.41, 5.74) is 5.51. The molecule has 2 N–H and O–H groups in total. The van der Waals surface area contributed by atoms with Gasteiger partial charge in [0.2, 0.25) is 5.95 Å². The van der Waals surface area contributed by atoms with Crippen molar-refractivity contribution in [2.75, 3.05) is 10.6 Å². The van der Waals surface area contributed by atoms with Gasteiger partial charge in [0.1, 0.15) is 16.5 Å². The third-order valence-electron chi connectivity index (χ3n) is 7.75. The van der Waals surface area contributed by atoms with E-state index in [4.69, 9.17) is 10.1 Å². The van der Waals surface area contributed by atoms with Crippen LogP contribution in [0.25, 0.3) is 28.0 Å². The lowest BCUT2D eigenvalue weighted by atomic mass is 9.96. The van der Waals surface area contributed by atoms with Gasteiger partial charge in [0.15, 0.2) is 0 Å². The largest absolute Gasteiger partial charge is 0.382 e. The van der Waals surface area contributed by atoms with Gasteiger partial charge in [0, 0.05) is 37.6 Å². The molecule has 0 aliphatic heterocycles. The van der Waals surface area contributed by atoms with Crippen molar-refractivity contribution in [3.8, 4) is 22.5 Å². The van der Waals surface area contributed by atoms with E-state index in [1.54, 1.807) is 23.9 Å². The van der Waals surface area contributed by atoms with Crippen LogP contribution >= 0.6 is 11.8 Å². The number of hydrogen-bond donors (Lipinski definition) is 2. The van der Waals surface area contributed by atoms with Gasteiger partial charge in [0.25, 0.3) is 0 Å². The van der Waals surface area contributed by atoms with E-state index in [1.165, 1.54) is 57.1 Å². The molecule has 6 nitrogen and oxygen atoms in total. The number of hydrogen-bond acceptors (Lipinski definition) is 6. The van der Waals surface area contributed by atoms with Crippen LogP contribution in [-0.4, -0.2) is 36.9 Å². The van der Waals surface area contributed by atoms with Gasteiger partial charge < -0.3 is 10.6 Å². The van der Waals surface area contributed by atoms with Gasteiger partial charge in [-0.1, -0.05) is 46.0 Å². The second-order valence-electron chi connectivity index (χ2n) is 11.1. The second-order valence-corrected chi connectivity index (χ2v) is 12.7. The molecule has 1 aromatic carbocycles. The number of halogens is 1. The van der Waals surface area contributed by atoms with Crippen LogP contribution in [0.5, 0.6) is 0 Å². The van der Waals surface area contributed by atoms with E-state index >= 15 is 0 Å². The summed E-state index contributed by atoms with van der Waals surface area (Å²) in [7, 11) is 0. The normalized spacial score (nSPS) is 16.8. The summed E-state index contributed by atoms with van der Waals surface area (Å²) in [6, 6.07) is 13.9. The van der Waals surface area contributed by atoms with Crippen molar-refractivity contribution in [2.24, 2.45) is 0 Å². The van der Waals surface area contributed by atoms with Crippen molar-refractivity contribution in [2.45, 2.75) is 94.0 Å². The van der Waals surface area contributed by atoms with Crippen molar-refractivity contribution in [3.05, 3.63) is 54.5 Å². The van der Waals surface area contributed by atoms with Gasteiger partial charge >= 0.3 is 0 Å². The predicted octanol–water partition coefficient (Wildman–Crippen LogP) is 8.69. The van der Waals surface area contributed by atoms with E-state index in [0.29, 0.717) is 23.3 Å². The Morgan fingerprint density at radius 1 is 0.923 bits per heavy atom. The summed E-state index contributed by atoms with van der Waals surface area (Å²) in [5.74, 6) is 0.394. The highest BCUT2D eigenvalue weighted by molar-refractivity contribution is 7.99. The lowest BCUT2D eigenvalue weighted by Crippen LogP contribution is -2.23. The monoisotopic (exact) mass is 548 g/mol. The van der Waals surface area contributed by atoms with Crippen LogP contribution in [0.15, 0.2) is 53.7 Å². The van der Waals surface area contributed by atoms with E-state index in [9.17, 15) is 4.39 Å². The Hall–Kier alpha value is -3.13. The second kappa shape index (κ2) is 11.5. The molecular formula is C31H41FN6S. The van der Waals surface area contributed by atoms with E-state index in [1.807, 2.05) is 16.8 Å². The predicted molar refractivity (Wildman–Crippen MR) is 163 cm³/mol. The highest BCUT2D eigenvalue weighted by Gasteiger charge is 2.23. The lowest BCUT2D eigenvalue weighted by Gasteiger charge is -2.22. The van der Waals surface area contributed by atoms with Crippen LogP contribution in [0.2, 0.25) is 0 Å². The molecule has 0 spiro atoms. The SMILES string of the molecule is CC(C)Sc1cc(NC2CCCC2)cc2c(-c3ccnc(NC4CCCCC4)n3)c(-c3ccc(F)cc3)nn12.[HH].[HH]. The van der Waals surface area contributed by atoms with E-state index in [-0.39, 0.29) is 8.67 Å². The van der Waals surface area contributed by atoms with E-state index in [2.05, 4.69) is 41.6 Å². The Morgan fingerprint density at radius 3 is 2.33 bits per heavy atom. The zero-order chi connectivity index (χ0) is 26.8. The molecular weight excluding hydrogens is 507 g/mol. The van der Waals surface area contributed by atoms with Gasteiger partial charge in [-0.15, -0.1) is 11.8 Å². The number of nitrogens with one attached hydrogen (secondary N) is 2. The minimum atomic E-state index is -0.260. The first-order chi connectivity index (χ1) is 19.0. The molecule has 0 radical (unpaired) electrons. The van der Waals surface area contributed by atoms with Crippen LogP contribution in [-0.2, 0) is 0 Å². The highest BCUT2D eigenvalue weighted by Crippen LogP contribution is 2.39. The van der Waals surface area contributed by atoms with Crippen LogP contribution < -0.4 is 10.6 Å². The Labute approximate surface area is 237 Å². The summed E-state index contributed by atoms with van der Waals surface area (Å²) in [4.78, 5) is 9.57. The number of thioether (sulfide) groups is 1. The fourth-order valence-electron chi connectivity index (χ4n) is 5.89. The number of anilines is 2. The Kier molecular flexibility index (Phi) is 7.73. The molecule has 6 rings (SSSR count). The summed E-state index contributed by atoms with van der Waals surface area (Å²) >= 11 is 1.80. The molecule has 8 heteroatoms. The van der Waals surface area contributed by atoms with Crippen molar-refractivity contribution in [1.29, 1.82) is 0 Å². The van der Waals surface area contributed by atoms with Crippen molar-refractivity contribution in [3.63, 3.8) is 0 Å². The number of nitrogens with zero attached hydrogens (tertiary/aromatic N) is 4. The quantitative estimate of drug-likeness (QED) is 0.215. The molecule has 2 aliphatic rings. The van der Waals surface area contributed by atoms with Crippen molar-refractivity contribution in [1.82, 2.24) is 19.6 Å². The maximum absolute atomic E-state index is 13.9. The van der Waals surface area contributed by atoms with Gasteiger partial charge in [-0.25, -0.2) is 18.9 Å². The molecule has 0 saturated heterocycles. The van der Waals surface area contributed by atoms with Crippen LogP contribution in [0.3, 0.4) is 0 Å². The molecule has 2 fully saturated rings. The minimum absolute atomic E-state index is 0. The fraction of sp³-hybridized carbons (Fsp3) is 0.452. The Balaban J connectivity index is 0.00000194. The maximum Gasteiger partial charge on any atom is 0.223 e. The highest BCUT2D eigenvalue weighted by atomic mass is 32.2. The first-order valence-corrected chi connectivity index (χ1v) is 15.3. The average Bonchev–Trinajstić information content (AvgIpc) is 3.58. The zero-order valence-electron chi connectivity index (χ0n) is 22.8. The van der Waals surface area contributed by atoms with Gasteiger partial charge in [-0.3, -0.25) is 0 Å². The molecule has 3 aromatic heterocycles.